The minimum atomic E-state index is 0. The molecule has 118 valence electrons. The van der Waals surface area contributed by atoms with Gasteiger partial charge in [0.2, 0.25) is 5.91 Å². The first-order valence-corrected chi connectivity index (χ1v) is 7.44. The van der Waals surface area contributed by atoms with Gasteiger partial charge >= 0.3 is 0 Å². The molecule has 0 saturated carbocycles. The van der Waals surface area contributed by atoms with Crippen LogP contribution in [0.4, 0.5) is 5.69 Å². The van der Waals surface area contributed by atoms with Gasteiger partial charge in [0.15, 0.2) is 0 Å². The summed E-state index contributed by atoms with van der Waals surface area (Å²) in [4.78, 5) is 14.3. The maximum atomic E-state index is 12.1. The van der Waals surface area contributed by atoms with Crippen LogP contribution < -0.4 is 11.1 Å². The number of nitrogens with two attached hydrogens (primary N) is 1. The average molecular weight is 332 g/mol. The number of aryl methyl sites for hydroxylation is 1. The van der Waals surface area contributed by atoms with Crippen molar-refractivity contribution in [3.63, 3.8) is 0 Å². The SMILES string of the molecule is Cc1ccc(Cl)cc1NC(=O)CN1CCCC(CN)C1.Cl. The van der Waals surface area contributed by atoms with Gasteiger partial charge in [0.1, 0.15) is 0 Å². The molecular weight excluding hydrogens is 309 g/mol. The Bertz CT molecular complexity index is 482. The maximum Gasteiger partial charge on any atom is 0.238 e. The standard InChI is InChI=1S/C15H22ClN3O.ClH/c1-11-4-5-13(16)7-14(11)18-15(20)10-19-6-2-3-12(8-17)9-19;/h4-5,7,12H,2-3,6,8-10,17H2,1H3,(H,18,20);1H. The van der Waals surface area contributed by atoms with Gasteiger partial charge in [0.05, 0.1) is 6.54 Å². The molecule has 0 aromatic heterocycles. The molecule has 4 nitrogen and oxygen atoms in total. The lowest BCUT2D eigenvalue weighted by Gasteiger charge is -2.31. The fraction of sp³-hybridized carbons (Fsp3) is 0.533. The molecule has 0 radical (unpaired) electrons. The van der Waals surface area contributed by atoms with Crippen LogP contribution in [0.1, 0.15) is 18.4 Å². The summed E-state index contributed by atoms with van der Waals surface area (Å²) < 4.78 is 0. The van der Waals surface area contributed by atoms with Gasteiger partial charge in [-0.1, -0.05) is 17.7 Å². The summed E-state index contributed by atoms with van der Waals surface area (Å²) in [5.74, 6) is 0.525. The van der Waals surface area contributed by atoms with E-state index in [0.29, 0.717) is 24.0 Å². The lowest BCUT2D eigenvalue weighted by atomic mass is 9.98. The molecule has 1 fully saturated rings. The molecule has 1 aliphatic heterocycles. The zero-order valence-electron chi connectivity index (χ0n) is 12.3. The predicted molar refractivity (Wildman–Crippen MR) is 90.3 cm³/mol. The molecular formula is C15H23Cl2N3O. The number of carbonyl (C=O) groups excluding carboxylic acids is 1. The van der Waals surface area contributed by atoms with Gasteiger partial charge < -0.3 is 11.1 Å². The molecule has 1 heterocycles. The molecule has 1 unspecified atom stereocenters. The van der Waals surface area contributed by atoms with Crippen molar-refractivity contribution < 1.29 is 4.79 Å². The first kappa shape index (κ1) is 18.2. The third-order valence-electron chi connectivity index (χ3n) is 3.78. The number of hydrogen-bond acceptors (Lipinski definition) is 3. The second-order valence-corrected chi connectivity index (χ2v) is 5.92. The van der Waals surface area contributed by atoms with Crippen LogP contribution in [0.3, 0.4) is 0 Å². The molecule has 3 N–H and O–H groups in total. The van der Waals surface area contributed by atoms with Crippen molar-refractivity contribution in [3.8, 4) is 0 Å². The summed E-state index contributed by atoms with van der Waals surface area (Å²) in [6.45, 7) is 4.96. The summed E-state index contributed by atoms with van der Waals surface area (Å²) in [5.41, 5.74) is 7.52. The van der Waals surface area contributed by atoms with E-state index in [4.69, 9.17) is 17.3 Å². The van der Waals surface area contributed by atoms with E-state index >= 15 is 0 Å². The first-order valence-electron chi connectivity index (χ1n) is 7.07. The van der Waals surface area contributed by atoms with E-state index < -0.39 is 0 Å². The fourth-order valence-electron chi connectivity index (χ4n) is 2.61. The molecule has 21 heavy (non-hydrogen) atoms. The third-order valence-corrected chi connectivity index (χ3v) is 4.01. The molecule has 1 aliphatic rings. The number of nitrogens with zero attached hydrogens (tertiary/aromatic N) is 1. The molecule has 1 aromatic carbocycles. The van der Waals surface area contributed by atoms with Crippen LogP contribution >= 0.6 is 24.0 Å². The molecule has 1 saturated heterocycles. The number of anilines is 1. The van der Waals surface area contributed by atoms with Gasteiger partial charge in [0, 0.05) is 17.3 Å². The van der Waals surface area contributed by atoms with Crippen LogP contribution in [0.2, 0.25) is 5.02 Å². The third kappa shape index (κ3) is 5.47. The zero-order valence-corrected chi connectivity index (χ0v) is 13.8. The van der Waals surface area contributed by atoms with Crippen molar-refractivity contribution in [2.75, 3.05) is 31.5 Å². The summed E-state index contributed by atoms with van der Waals surface area (Å²) >= 11 is 5.95. The van der Waals surface area contributed by atoms with Crippen LogP contribution in [-0.4, -0.2) is 37.0 Å². The lowest BCUT2D eigenvalue weighted by Crippen LogP contribution is -2.42. The number of likely N-dealkylation sites (tertiary alicyclic amines) is 1. The van der Waals surface area contributed by atoms with Gasteiger partial charge in [0.25, 0.3) is 0 Å². The van der Waals surface area contributed by atoms with Crippen LogP contribution in [0, 0.1) is 12.8 Å². The average Bonchev–Trinajstić information content (AvgIpc) is 2.43. The second kappa shape index (κ2) is 8.59. The molecule has 6 heteroatoms. The Morgan fingerprint density at radius 3 is 3.00 bits per heavy atom. The van der Waals surface area contributed by atoms with E-state index in [1.54, 1.807) is 6.07 Å². The monoisotopic (exact) mass is 331 g/mol. The Balaban J connectivity index is 0.00000220. The Morgan fingerprint density at radius 1 is 1.52 bits per heavy atom. The second-order valence-electron chi connectivity index (χ2n) is 5.49. The van der Waals surface area contributed by atoms with E-state index in [1.807, 2.05) is 19.1 Å². The minimum Gasteiger partial charge on any atom is -0.330 e. The Kier molecular flexibility index (Phi) is 7.46. The van der Waals surface area contributed by atoms with E-state index in [2.05, 4.69) is 10.2 Å². The van der Waals surface area contributed by atoms with E-state index in [0.717, 1.165) is 30.8 Å². The Labute approximate surface area is 137 Å². The normalized spacial score (nSPS) is 18.9. The molecule has 1 amide bonds. The van der Waals surface area contributed by atoms with Crippen LogP contribution in [0.5, 0.6) is 0 Å². The van der Waals surface area contributed by atoms with Gasteiger partial charge in [-0.15, -0.1) is 12.4 Å². The van der Waals surface area contributed by atoms with Gasteiger partial charge in [-0.3, -0.25) is 9.69 Å². The molecule has 1 atom stereocenters. The van der Waals surface area contributed by atoms with Crippen molar-refractivity contribution >= 4 is 35.6 Å². The molecule has 0 spiro atoms. The number of piperidine rings is 1. The van der Waals surface area contributed by atoms with Crippen molar-refractivity contribution in [1.82, 2.24) is 4.90 Å². The van der Waals surface area contributed by atoms with E-state index in [1.165, 1.54) is 6.42 Å². The van der Waals surface area contributed by atoms with Crippen molar-refractivity contribution in [2.45, 2.75) is 19.8 Å². The summed E-state index contributed by atoms with van der Waals surface area (Å²) in [7, 11) is 0. The van der Waals surface area contributed by atoms with E-state index in [-0.39, 0.29) is 18.3 Å². The molecule has 1 aromatic rings. The molecule has 0 aliphatic carbocycles. The van der Waals surface area contributed by atoms with Gasteiger partial charge in [-0.05, 0) is 56.5 Å². The first-order chi connectivity index (χ1) is 9.58. The topological polar surface area (TPSA) is 58.4 Å². The highest BCUT2D eigenvalue weighted by molar-refractivity contribution is 6.31. The highest BCUT2D eigenvalue weighted by Gasteiger charge is 2.20. The quantitative estimate of drug-likeness (QED) is 0.891. The number of benzene rings is 1. The summed E-state index contributed by atoms with van der Waals surface area (Å²) in [5, 5.41) is 3.57. The zero-order chi connectivity index (χ0) is 14.5. The number of rotatable bonds is 4. The summed E-state index contributed by atoms with van der Waals surface area (Å²) in [6.07, 6.45) is 2.29. The molecule has 2 rings (SSSR count). The van der Waals surface area contributed by atoms with Crippen LogP contribution in [0.15, 0.2) is 18.2 Å². The number of carbonyl (C=O) groups is 1. The fourth-order valence-corrected chi connectivity index (χ4v) is 2.78. The van der Waals surface area contributed by atoms with Crippen LogP contribution in [-0.2, 0) is 4.79 Å². The van der Waals surface area contributed by atoms with Crippen molar-refractivity contribution in [2.24, 2.45) is 11.7 Å². The molecule has 0 bridgehead atoms. The Hall–Kier alpha value is -0.810. The van der Waals surface area contributed by atoms with Gasteiger partial charge in [-0.25, -0.2) is 0 Å². The maximum absolute atomic E-state index is 12.1. The highest BCUT2D eigenvalue weighted by Crippen LogP contribution is 2.20. The minimum absolute atomic E-state index is 0. The van der Waals surface area contributed by atoms with E-state index in [9.17, 15) is 4.79 Å². The van der Waals surface area contributed by atoms with Crippen molar-refractivity contribution in [3.05, 3.63) is 28.8 Å². The van der Waals surface area contributed by atoms with Crippen LogP contribution in [0.25, 0.3) is 0 Å². The number of amides is 1. The lowest BCUT2D eigenvalue weighted by molar-refractivity contribution is -0.117. The number of nitrogens with one attached hydrogen (secondary N) is 1. The number of hydrogen-bond donors (Lipinski definition) is 2. The number of halogens is 2. The van der Waals surface area contributed by atoms with Gasteiger partial charge in [-0.2, -0.15) is 0 Å². The summed E-state index contributed by atoms with van der Waals surface area (Å²) in [6, 6.07) is 5.51. The Morgan fingerprint density at radius 2 is 2.29 bits per heavy atom. The largest absolute Gasteiger partial charge is 0.330 e. The van der Waals surface area contributed by atoms with Crippen molar-refractivity contribution in [1.29, 1.82) is 0 Å². The highest BCUT2D eigenvalue weighted by atomic mass is 35.5. The smallest absolute Gasteiger partial charge is 0.238 e. The predicted octanol–water partition coefficient (Wildman–Crippen LogP) is 2.68.